The van der Waals surface area contributed by atoms with Gasteiger partial charge in [0.05, 0.1) is 12.1 Å². The maximum atomic E-state index is 8.85. The first kappa shape index (κ1) is 14.6. The Morgan fingerprint density at radius 2 is 2.05 bits per heavy atom. The Hall–Kier alpha value is -0.850. The largest absolute Gasteiger partial charge is 0.409 e. The van der Waals surface area contributed by atoms with Crippen LogP contribution in [0.5, 0.6) is 0 Å². The maximum absolute atomic E-state index is 8.85. The van der Waals surface area contributed by atoms with Gasteiger partial charge in [-0.1, -0.05) is 5.16 Å². The second-order valence-electron chi connectivity index (χ2n) is 6.06. The molecule has 2 rings (SSSR count). The molecule has 0 aromatic carbocycles. The van der Waals surface area contributed by atoms with Crippen LogP contribution in [0.1, 0.15) is 20.3 Å². The number of oxime groups is 1. The van der Waals surface area contributed by atoms with Crippen molar-refractivity contribution in [3.05, 3.63) is 0 Å². The lowest BCUT2D eigenvalue weighted by atomic mass is 10.00. The molecule has 1 atom stereocenters. The molecule has 0 aromatic rings. The first-order valence-corrected chi connectivity index (χ1v) is 7.07. The summed E-state index contributed by atoms with van der Waals surface area (Å²) in [5.74, 6) is 0.980. The van der Waals surface area contributed by atoms with Gasteiger partial charge in [0.15, 0.2) is 5.84 Å². The standard InChI is InChI=1S/C13H26N4O2/c1-13(2,12(14)15-18)17-6-4-16(5-7-17)9-11-3-8-19-10-11/h11,18H,3-10H2,1-2H3,(H2,14,15). The molecule has 0 spiro atoms. The molecule has 2 aliphatic heterocycles. The van der Waals surface area contributed by atoms with Crippen LogP contribution in [-0.2, 0) is 4.74 Å². The maximum Gasteiger partial charge on any atom is 0.159 e. The van der Waals surface area contributed by atoms with Crippen molar-refractivity contribution >= 4 is 5.84 Å². The Kier molecular flexibility index (Phi) is 4.65. The lowest BCUT2D eigenvalue weighted by Gasteiger charge is -2.43. The van der Waals surface area contributed by atoms with Crippen LogP contribution in [0, 0.1) is 5.92 Å². The van der Waals surface area contributed by atoms with Crippen molar-refractivity contribution in [2.24, 2.45) is 16.8 Å². The molecule has 2 fully saturated rings. The Morgan fingerprint density at radius 1 is 1.37 bits per heavy atom. The number of nitrogens with two attached hydrogens (primary N) is 1. The summed E-state index contributed by atoms with van der Waals surface area (Å²) in [4.78, 5) is 4.78. The third-order valence-corrected chi connectivity index (χ3v) is 4.44. The van der Waals surface area contributed by atoms with Crippen molar-refractivity contribution in [2.75, 3.05) is 45.9 Å². The highest BCUT2D eigenvalue weighted by atomic mass is 16.5. The molecule has 2 heterocycles. The number of piperazine rings is 1. The molecule has 2 aliphatic rings. The lowest BCUT2D eigenvalue weighted by molar-refractivity contribution is 0.0720. The minimum absolute atomic E-state index is 0.283. The first-order chi connectivity index (χ1) is 9.04. The van der Waals surface area contributed by atoms with Crippen molar-refractivity contribution < 1.29 is 9.94 Å². The van der Waals surface area contributed by atoms with Crippen LogP contribution in [0.15, 0.2) is 5.16 Å². The minimum atomic E-state index is -0.378. The molecule has 3 N–H and O–H groups in total. The molecule has 0 saturated carbocycles. The minimum Gasteiger partial charge on any atom is -0.409 e. The van der Waals surface area contributed by atoms with E-state index in [2.05, 4.69) is 15.0 Å². The van der Waals surface area contributed by atoms with Crippen LogP contribution < -0.4 is 5.73 Å². The molecule has 1 unspecified atom stereocenters. The topological polar surface area (TPSA) is 74.3 Å². The summed E-state index contributed by atoms with van der Waals surface area (Å²) in [7, 11) is 0. The SMILES string of the molecule is CC(C)(C(N)=NO)N1CCN(CC2CCOC2)CC1. The second kappa shape index (κ2) is 6.07. The fourth-order valence-corrected chi connectivity index (χ4v) is 2.87. The highest BCUT2D eigenvalue weighted by Crippen LogP contribution is 2.19. The van der Waals surface area contributed by atoms with Gasteiger partial charge in [0, 0.05) is 39.3 Å². The van der Waals surface area contributed by atoms with Gasteiger partial charge < -0.3 is 20.6 Å². The predicted octanol–water partition coefficient (Wildman–Crippen LogP) is 0.166. The van der Waals surface area contributed by atoms with Crippen LogP contribution in [-0.4, -0.2) is 72.3 Å². The summed E-state index contributed by atoms with van der Waals surface area (Å²) in [6, 6.07) is 0. The monoisotopic (exact) mass is 270 g/mol. The molecule has 19 heavy (non-hydrogen) atoms. The van der Waals surface area contributed by atoms with Gasteiger partial charge in [0.2, 0.25) is 0 Å². The first-order valence-electron chi connectivity index (χ1n) is 7.07. The molecular weight excluding hydrogens is 244 g/mol. The van der Waals surface area contributed by atoms with Gasteiger partial charge in [-0.3, -0.25) is 4.90 Å². The highest BCUT2D eigenvalue weighted by molar-refractivity contribution is 5.88. The summed E-state index contributed by atoms with van der Waals surface area (Å²) < 4.78 is 5.42. The van der Waals surface area contributed by atoms with E-state index in [4.69, 9.17) is 15.7 Å². The van der Waals surface area contributed by atoms with E-state index >= 15 is 0 Å². The van der Waals surface area contributed by atoms with Gasteiger partial charge in [-0.25, -0.2) is 0 Å². The van der Waals surface area contributed by atoms with E-state index in [1.165, 1.54) is 6.42 Å². The average Bonchev–Trinajstić information content (AvgIpc) is 2.91. The summed E-state index contributed by atoms with van der Waals surface area (Å²) >= 11 is 0. The molecule has 6 nitrogen and oxygen atoms in total. The summed E-state index contributed by atoms with van der Waals surface area (Å²) in [6.07, 6.45) is 1.19. The van der Waals surface area contributed by atoms with Crippen LogP contribution in [0.25, 0.3) is 0 Å². The second-order valence-corrected chi connectivity index (χ2v) is 6.06. The molecular formula is C13H26N4O2. The van der Waals surface area contributed by atoms with Gasteiger partial charge in [-0.2, -0.15) is 0 Å². The third kappa shape index (κ3) is 3.38. The van der Waals surface area contributed by atoms with E-state index in [0.29, 0.717) is 5.92 Å². The summed E-state index contributed by atoms with van der Waals surface area (Å²) in [5, 5.41) is 12.0. The van der Waals surface area contributed by atoms with E-state index in [-0.39, 0.29) is 11.4 Å². The Balaban J connectivity index is 1.81. The average molecular weight is 270 g/mol. The van der Waals surface area contributed by atoms with Crippen molar-refractivity contribution in [2.45, 2.75) is 25.8 Å². The Bertz CT molecular complexity index is 319. The summed E-state index contributed by atoms with van der Waals surface area (Å²) in [5.41, 5.74) is 5.40. The fourth-order valence-electron chi connectivity index (χ4n) is 2.87. The smallest absolute Gasteiger partial charge is 0.159 e. The Morgan fingerprint density at radius 3 is 2.58 bits per heavy atom. The number of hydrogen-bond acceptors (Lipinski definition) is 5. The number of ether oxygens (including phenoxy) is 1. The molecule has 2 saturated heterocycles. The van der Waals surface area contributed by atoms with Crippen LogP contribution in [0.2, 0.25) is 0 Å². The van der Waals surface area contributed by atoms with E-state index in [1.54, 1.807) is 0 Å². The zero-order valence-corrected chi connectivity index (χ0v) is 12.0. The molecule has 6 heteroatoms. The third-order valence-electron chi connectivity index (χ3n) is 4.44. The fraction of sp³-hybridized carbons (Fsp3) is 0.923. The zero-order valence-electron chi connectivity index (χ0n) is 12.0. The Labute approximate surface area is 115 Å². The molecule has 110 valence electrons. The van der Waals surface area contributed by atoms with E-state index in [1.807, 2.05) is 13.8 Å². The van der Waals surface area contributed by atoms with E-state index in [0.717, 1.165) is 45.9 Å². The molecule has 0 radical (unpaired) electrons. The quantitative estimate of drug-likeness (QED) is 0.329. The predicted molar refractivity (Wildman–Crippen MR) is 74.4 cm³/mol. The molecule has 0 amide bonds. The van der Waals surface area contributed by atoms with Gasteiger partial charge in [0.1, 0.15) is 0 Å². The van der Waals surface area contributed by atoms with Gasteiger partial charge >= 0.3 is 0 Å². The normalized spacial score (nSPS) is 27.9. The molecule has 0 aromatic heterocycles. The van der Waals surface area contributed by atoms with Gasteiger partial charge in [-0.15, -0.1) is 0 Å². The van der Waals surface area contributed by atoms with Crippen molar-refractivity contribution in [3.63, 3.8) is 0 Å². The molecule has 0 bridgehead atoms. The van der Waals surface area contributed by atoms with Gasteiger partial charge in [0.25, 0.3) is 0 Å². The zero-order chi connectivity index (χ0) is 13.9. The number of hydrogen-bond donors (Lipinski definition) is 2. The van der Waals surface area contributed by atoms with Crippen molar-refractivity contribution in [1.29, 1.82) is 0 Å². The van der Waals surface area contributed by atoms with Crippen molar-refractivity contribution in [3.8, 4) is 0 Å². The number of rotatable bonds is 4. The lowest BCUT2D eigenvalue weighted by Crippen LogP contribution is -2.60. The van der Waals surface area contributed by atoms with E-state index < -0.39 is 0 Å². The number of amidine groups is 1. The van der Waals surface area contributed by atoms with Crippen LogP contribution >= 0.6 is 0 Å². The van der Waals surface area contributed by atoms with E-state index in [9.17, 15) is 0 Å². The highest BCUT2D eigenvalue weighted by Gasteiger charge is 2.34. The van der Waals surface area contributed by atoms with Crippen LogP contribution in [0.3, 0.4) is 0 Å². The van der Waals surface area contributed by atoms with Crippen molar-refractivity contribution in [1.82, 2.24) is 9.80 Å². The van der Waals surface area contributed by atoms with Gasteiger partial charge in [-0.05, 0) is 26.2 Å². The van der Waals surface area contributed by atoms with Crippen LogP contribution in [0.4, 0.5) is 0 Å². The molecule has 0 aliphatic carbocycles. The summed E-state index contributed by atoms with van der Waals surface area (Å²) in [6.45, 7) is 11.0. The number of nitrogens with zero attached hydrogens (tertiary/aromatic N) is 3.